The molecule has 0 N–H and O–H groups in total. The highest BCUT2D eigenvalue weighted by Crippen LogP contribution is 2.24. The molecular formula is C27H39N3. The molecule has 0 saturated heterocycles. The molecular weight excluding hydrogens is 366 g/mol. The highest BCUT2D eigenvalue weighted by atomic mass is 15.2. The van der Waals surface area contributed by atoms with E-state index in [0.29, 0.717) is 18.0 Å². The van der Waals surface area contributed by atoms with Crippen LogP contribution in [-0.4, -0.2) is 41.8 Å². The summed E-state index contributed by atoms with van der Waals surface area (Å²) in [6.45, 7) is 6.50. The van der Waals surface area contributed by atoms with Crippen LogP contribution >= 0.6 is 0 Å². The summed E-state index contributed by atoms with van der Waals surface area (Å²) in [4.78, 5) is 10.3. The normalized spacial score (nSPS) is 16.8. The van der Waals surface area contributed by atoms with Crippen molar-refractivity contribution in [3.05, 3.63) is 71.8 Å². The van der Waals surface area contributed by atoms with Crippen LogP contribution in [0.3, 0.4) is 0 Å². The number of likely N-dealkylation sites (N-methyl/N-ethyl adjacent to an activating group) is 2. The quantitative estimate of drug-likeness (QED) is 0.396. The van der Waals surface area contributed by atoms with Crippen LogP contribution < -0.4 is 0 Å². The third-order valence-corrected chi connectivity index (χ3v) is 6.19. The molecule has 0 heterocycles. The molecule has 0 amide bonds. The summed E-state index contributed by atoms with van der Waals surface area (Å²) in [6.07, 6.45) is 6.46. The van der Waals surface area contributed by atoms with Crippen molar-refractivity contribution >= 4 is 5.84 Å². The lowest BCUT2D eigenvalue weighted by atomic mass is 9.95. The van der Waals surface area contributed by atoms with Gasteiger partial charge in [-0.15, -0.1) is 0 Å². The zero-order chi connectivity index (χ0) is 21.3. The SMILES string of the molecule is CC(C)C(C(=NC1CCCCC1)N(C)Cc1ccccc1)N(C)Cc1ccccc1. The van der Waals surface area contributed by atoms with E-state index in [2.05, 4.69) is 98.4 Å². The fourth-order valence-electron chi connectivity index (χ4n) is 4.71. The molecule has 1 unspecified atom stereocenters. The summed E-state index contributed by atoms with van der Waals surface area (Å²) in [5.41, 5.74) is 2.69. The Kier molecular flexibility index (Phi) is 8.50. The van der Waals surface area contributed by atoms with Gasteiger partial charge in [0.2, 0.25) is 0 Å². The summed E-state index contributed by atoms with van der Waals surface area (Å²) in [7, 11) is 4.48. The molecule has 1 saturated carbocycles. The summed E-state index contributed by atoms with van der Waals surface area (Å²) >= 11 is 0. The van der Waals surface area contributed by atoms with Gasteiger partial charge in [0.1, 0.15) is 5.84 Å². The minimum absolute atomic E-state index is 0.292. The van der Waals surface area contributed by atoms with E-state index in [9.17, 15) is 0 Å². The van der Waals surface area contributed by atoms with Crippen LogP contribution in [0.1, 0.15) is 57.1 Å². The minimum atomic E-state index is 0.292. The van der Waals surface area contributed by atoms with Crippen molar-refractivity contribution in [2.75, 3.05) is 14.1 Å². The number of benzene rings is 2. The highest BCUT2D eigenvalue weighted by molar-refractivity contribution is 5.87. The Labute approximate surface area is 183 Å². The summed E-state index contributed by atoms with van der Waals surface area (Å²) in [5.74, 6) is 1.73. The molecule has 2 aromatic rings. The van der Waals surface area contributed by atoms with Gasteiger partial charge in [-0.1, -0.05) is 93.8 Å². The third-order valence-electron chi connectivity index (χ3n) is 6.19. The number of hydrogen-bond donors (Lipinski definition) is 0. The molecule has 0 aromatic heterocycles. The summed E-state index contributed by atoms with van der Waals surface area (Å²) in [6, 6.07) is 22.3. The van der Waals surface area contributed by atoms with Gasteiger partial charge in [-0.25, -0.2) is 0 Å². The molecule has 2 aromatic carbocycles. The van der Waals surface area contributed by atoms with Gasteiger partial charge >= 0.3 is 0 Å². The highest BCUT2D eigenvalue weighted by Gasteiger charge is 2.28. The van der Waals surface area contributed by atoms with Gasteiger partial charge in [-0.05, 0) is 36.9 Å². The van der Waals surface area contributed by atoms with E-state index in [-0.39, 0.29) is 0 Å². The maximum atomic E-state index is 5.42. The van der Waals surface area contributed by atoms with E-state index in [4.69, 9.17) is 4.99 Å². The first kappa shape index (κ1) is 22.6. The Morgan fingerprint density at radius 2 is 1.37 bits per heavy atom. The second kappa shape index (κ2) is 11.3. The molecule has 0 bridgehead atoms. The Morgan fingerprint density at radius 3 is 1.90 bits per heavy atom. The topological polar surface area (TPSA) is 18.8 Å². The molecule has 0 spiro atoms. The molecule has 162 valence electrons. The number of nitrogens with zero attached hydrogens (tertiary/aromatic N) is 3. The monoisotopic (exact) mass is 405 g/mol. The molecule has 1 aliphatic carbocycles. The maximum Gasteiger partial charge on any atom is 0.117 e. The first-order valence-corrected chi connectivity index (χ1v) is 11.6. The van der Waals surface area contributed by atoms with Crippen molar-refractivity contribution in [1.29, 1.82) is 0 Å². The molecule has 0 radical (unpaired) electrons. The van der Waals surface area contributed by atoms with Crippen LogP contribution in [0.2, 0.25) is 0 Å². The Hall–Kier alpha value is -2.13. The van der Waals surface area contributed by atoms with Gasteiger partial charge < -0.3 is 4.90 Å². The first-order valence-electron chi connectivity index (χ1n) is 11.6. The largest absolute Gasteiger partial charge is 0.358 e. The average Bonchev–Trinajstić information content (AvgIpc) is 2.75. The lowest BCUT2D eigenvalue weighted by molar-refractivity contribution is 0.222. The Morgan fingerprint density at radius 1 is 0.833 bits per heavy atom. The molecule has 3 rings (SSSR count). The van der Waals surface area contributed by atoms with Gasteiger partial charge in [0.25, 0.3) is 0 Å². The van der Waals surface area contributed by atoms with Crippen LogP contribution in [0.25, 0.3) is 0 Å². The standard InChI is InChI=1S/C27H39N3/c1-22(2)26(29(3)20-23-14-8-5-9-15-23)27(28-25-18-12-7-13-19-25)30(4)21-24-16-10-6-11-17-24/h5-6,8-11,14-17,22,25-26H,7,12-13,18-21H2,1-4H3. The second-order valence-electron chi connectivity index (χ2n) is 9.21. The van der Waals surface area contributed by atoms with Gasteiger partial charge in [-0.2, -0.15) is 0 Å². The zero-order valence-electron chi connectivity index (χ0n) is 19.3. The van der Waals surface area contributed by atoms with E-state index in [1.165, 1.54) is 49.1 Å². The molecule has 1 atom stereocenters. The number of aliphatic imine (C=N–C) groups is 1. The Bertz CT molecular complexity index is 763. The van der Waals surface area contributed by atoms with Gasteiger partial charge in [0.15, 0.2) is 0 Å². The molecule has 3 heteroatoms. The van der Waals surface area contributed by atoms with E-state index < -0.39 is 0 Å². The lowest BCUT2D eigenvalue weighted by Gasteiger charge is -2.37. The van der Waals surface area contributed by atoms with Crippen LogP contribution in [-0.2, 0) is 13.1 Å². The van der Waals surface area contributed by atoms with E-state index >= 15 is 0 Å². The van der Waals surface area contributed by atoms with Crippen LogP contribution in [0.4, 0.5) is 0 Å². The summed E-state index contributed by atoms with van der Waals surface area (Å²) in [5, 5.41) is 0. The Balaban J connectivity index is 1.87. The molecule has 1 fully saturated rings. The van der Waals surface area contributed by atoms with E-state index in [0.717, 1.165) is 13.1 Å². The first-order chi connectivity index (χ1) is 14.5. The fraction of sp³-hybridized carbons (Fsp3) is 0.519. The van der Waals surface area contributed by atoms with Crippen LogP contribution in [0.5, 0.6) is 0 Å². The molecule has 30 heavy (non-hydrogen) atoms. The second-order valence-corrected chi connectivity index (χ2v) is 9.21. The van der Waals surface area contributed by atoms with Gasteiger partial charge in [0, 0.05) is 20.1 Å². The van der Waals surface area contributed by atoms with E-state index in [1.807, 2.05) is 0 Å². The molecule has 3 nitrogen and oxygen atoms in total. The predicted octanol–water partition coefficient (Wildman–Crippen LogP) is 6.01. The van der Waals surface area contributed by atoms with Crippen molar-refractivity contribution in [2.24, 2.45) is 10.9 Å². The zero-order valence-corrected chi connectivity index (χ0v) is 19.3. The average molecular weight is 406 g/mol. The lowest BCUT2D eigenvalue weighted by Crippen LogP contribution is -2.49. The minimum Gasteiger partial charge on any atom is -0.358 e. The number of hydrogen-bond acceptors (Lipinski definition) is 2. The van der Waals surface area contributed by atoms with Crippen molar-refractivity contribution in [1.82, 2.24) is 9.80 Å². The van der Waals surface area contributed by atoms with Crippen molar-refractivity contribution in [3.8, 4) is 0 Å². The van der Waals surface area contributed by atoms with Crippen LogP contribution in [0.15, 0.2) is 65.7 Å². The van der Waals surface area contributed by atoms with Gasteiger partial charge in [-0.3, -0.25) is 9.89 Å². The van der Waals surface area contributed by atoms with Gasteiger partial charge in [0.05, 0.1) is 12.1 Å². The smallest absolute Gasteiger partial charge is 0.117 e. The third kappa shape index (κ3) is 6.43. The molecule has 0 aliphatic heterocycles. The maximum absolute atomic E-state index is 5.42. The number of rotatable bonds is 8. The summed E-state index contributed by atoms with van der Waals surface area (Å²) < 4.78 is 0. The van der Waals surface area contributed by atoms with Crippen LogP contribution in [0, 0.1) is 5.92 Å². The van der Waals surface area contributed by atoms with Crippen molar-refractivity contribution in [2.45, 2.75) is 71.1 Å². The predicted molar refractivity (Wildman–Crippen MR) is 129 cm³/mol. The fourth-order valence-corrected chi connectivity index (χ4v) is 4.71. The molecule has 1 aliphatic rings. The van der Waals surface area contributed by atoms with Crippen molar-refractivity contribution in [3.63, 3.8) is 0 Å². The van der Waals surface area contributed by atoms with Crippen molar-refractivity contribution < 1.29 is 0 Å². The number of amidine groups is 1. The van der Waals surface area contributed by atoms with E-state index in [1.54, 1.807) is 0 Å².